The third-order valence-electron chi connectivity index (χ3n) is 6.69. The van der Waals surface area contributed by atoms with Crippen LogP contribution in [0.5, 0.6) is 0 Å². The highest BCUT2D eigenvalue weighted by Crippen LogP contribution is 2.19. The summed E-state index contributed by atoms with van der Waals surface area (Å²) in [5, 5.41) is 18.6. The quantitative estimate of drug-likeness (QED) is 0.156. The minimum absolute atomic E-state index is 0.0159. The molecule has 0 saturated carbocycles. The van der Waals surface area contributed by atoms with Crippen molar-refractivity contribution in [1.29, 1.82) is 0 Å². The number of aromatic nitrogens is 3. The second-order valence-corrected chi connectivity index (χ2v) is 10.8. The van der Waals surface area contributed by atoms with Crippen LogP contribution in [0.25, 0.3) is 10.9 Å². The van der Waals surface area contributed by atoms with Gasteiger partial charge in [0.25, 0.3) is 0 Å². The zero-order chi connectivity index (χ0) is 29.4. The number of carboxylic acid groups (broad SMARTS) is 1. The molecule has 12 nitrogen and oxygen atoms in total. The number of carbonyl (C=O) groups excluding carboxylic acids is 3. The number of benzene rings is 1. The van der Waals surface area contributed by atoms with Crippen molar-refractivity contribution in [2.24, 2.45) is 17.6 Å². The SMILES string of the molecule is CC(C)CC(NC(=O)C(Cc1c[nH]c2ccccc12)NC(=O)C(Cc1cnc[nH]1)NC(=O)C(N)C(C)C)C(=O)O. The number of hydrogen-bond acceptors (Lipinski definition) is 6. The number of rotatable bonds is 14. The van der Waals surface area contributed by atoms with E-state index in [0.717, 1.165) is 16.5 Å². The number of fused-ring (bicyclic) bond motifs is 1. The van der Waals surface area contributed by atoms with E-state index in [1.807, 2.05) is 38.1 Å². The maximum atomic E-state index is 13.6. The Balaban J connectivity index is 1.89. The van der Waals surface area contributed by atoms with E-state index in [1.165, 1.54) is 12.5 Å². The summed E-state index contributed by atoms with van der Waals surface area (Å²) in [5.74, 6) is -3.07. The lowest BCUT2D eigenvalue weighted by Crippen LogP contribution is -2.58. The van der Waals surface area contributed by atoms with E-state index in [-0.39, 0.29) is 31.1 Å². The molecule has 216 valence electrons. The molecule has 4 unspecified atom stereocenters. The molecule has 0 spiro atoms. The Kier molecular flexibility index (Phi) is 10.4. The first-order valence-corrected chi connectivity index (χ1v) is 13.4. The molecule has 0 radical (unpaired) electrons. The zero-order valence-electron chi connectivity index (χ0n) is 23.2. The van der Waals surface area contributed by atoms with Gasteiger partial charge >= 0.3 is 5.97 Å². The van der Waals surface area contributed by atoms with Crippen LogP contribution in [0.3, 0.4) is 0 Å². The molecule has 8 N–H and O–H groups in total. The van der Waals surface area contributed by atoms with Gasteiger partial charge in [-0.1, -0.05) is 45.9 Å². The fraction of sp³-hybridized carbons (Fsp3) is 0.464. The maximum Gasteiger partial charge on any atom is 0.326 e. The number of carbonyl (C=O) groups is 4. The molecule has 0 aliphatic heterocycles. The number of nitrogens with zero attached hydrogens (tertiary/aromatic N) is 1. The number of H-pyrrole nitrogens is 2. The monoisotopic (exact) mass is 553 g/mol. The van der Waals surface area contributed by atoms with Gasteiger partial charge in [0.15, 0.2) is 0 Å². The van der Waals surface area contributed by atoms with Crippen molar-refractivity contribution < 1.29 is 24.3 Å². The summed E-state index contributed by atoms with van der Waals surface area (Å²) in [6.45, 7) is 7.31. The van der Waals surface area contributed by atoms with Crippen LogP contribution in [-0.2, 0) is 32.0 Å². The fourth-order valence-electron chi connectivity index (χ4n) is 4.36. The van der Waals surface area contributed by atoms with Crippen LogP contribution in [0.4, 0.5) is 0 Å². The van der Waals surface area contributed by atoms with Crippen LogP contribution < -0.4 is 21.7 Å². The molecule has 12 heteroatoms. The van der Waals surface area contributed by atoms with Gasteiger partial charge in [0.1, 0.15) is 18.1 Å². The van der Waals surface area contributed by atoms with Crippen molar-refractivity contribution in [3.05, 3.63) is 54.2 Å². The average molecular weight is 554 g/mol. The molecule has 3 aromatic rings. The van der Waals surface area contributed by atoms with E-state index in [0.29, 0.717) is 5.69 Å². The Morgan fingerprint density at radius 2 is 1.52 bits per heavy atom. The Bertz CT molecular complexity index is 1300. The molecular weight excluding hydrogens is 514 g/mol. The normalized spacial score (nSPS) is 14.5. The number of nitrogens with one attached hydrogen (secondary N) is 5. The van der Waals surface area contributed by atoms with Crippen LogP contribution in [0, 0.1) is 11.8 Å². The van der Waals surface area contributed by atoms with Gasteiger partial charge in [0, 0.05) is 41.8 Å². The highest BCUT2D eigenvalue weighted by atomic mass is 16.4. The summed E-state index contributed by atoms with van der Waals surface area (Å²) in [6, 6.07) is 3.37. The molecule has 2 aromatic heterocycles. The largest absolute Gasteiger partial charge is 0.480 e. The molecule has 0 fully saturated rings. The number of imidazole rings is 1. The summed E-state index contributed by atoms with van der Waals surface area (Å²) >= 11 is 0. The predicted molar refractivity (Wildman–Crippen MR) is 150 cm³/mol. The summed E-state index contributed by atoms with van der Waals surface area (Å²) in [6.07, 6.45) is 5.14. The highest BCUT2D eigenvalue weighted by molar-refractivity contribution is 5.95. The molecule has 0 aliphatic rings. The molecule has 0 aliphatic carbocycles. The number of amides is 3. The number of nitrogens with two attached hydrogens (primary N) is 1. The van der Waals surface area contributed by atoms with Crippen LogP contribution in [0.15, 0.2) is 43.0 Å². The van der Waals surface area contributed by atoms with Crippen LogP contribution in [0.1, 0.15) is 45.4 Å². The summed E-state index contributed by atoms with van der Waals surface area (Å²) < 4.78 is 0. The lowest BCUT2D eigenvalue weighted by molar-refractivity contribution is -0.142. The third kappa shape index (κ3) is 8.15. The molecule has 0 bridgehead atoms. The summed E-state index contributed by atoms with van der Waals surface area (Å²) in [5.41, 5.74) is 8.23. The molecule has 0 saturated heterocycles. The number of aliphatic carboxylic acids is 1. The van der Waals surface area contributed by atoms with Crippen molar-refractivity contribution in [3.63, 3.8) is 0 Å². The first-order valence-electron chi connectivity index (χ1n) is 13.4. The molecule has 2 heterocycles. The third-order valence-corrected chi connectivity index (χ3v) is 6.69. The van der Waals surface area contributed by atoms with E-state index >= 15 is 0 Å². The van der Waals surface area contributed by atoms with Crippen molar-refractivity contribution >= 4 is 34.6 Å². The van der Waals surface area contributed by atoms with Crippen molar-refractivity contribution in [2.45, 2.75) is 71.1 Å². The molecule has 3 rings (SSSR count). The molecular formula is C28H39N7O5. The van der Waals surface area contributed by atoms with E-state index in [1.54, 1.807) is 20.0 Å². The van der Waals surface area contributed by atoms with Gasteiger partial charge in [-0.15, -0.1) is 0 Å². The first kappa shape index (κ1) is 30.4. The van der Waals surface area contributed by atoms with E-state index in [4.69, 9.17) is 5.73 Å². The van der Waals surface area contributed by atoms with Gasteiger partial charge in [0.2, 0.25) is 17.7 Å². The summed E-state index contributed by atoms with van der Waals surface area (Å²) in [7, 11) is 0. The molecule has 40 heavy (non-hydrogen) atoms. The average Bonchev–Trinajstić information content (AvgIpc) is 3.56. The van der Waals surface area contributed by atoms with Crippen molar-refractivity contribution in [1.82, 2.24) is 30.9 Å². The van der Waals surface area contributed by atoms with E-state index < -0.39 is 47.9 Å². The van der Waals surface area contributed by atoms with Gasteiger partial charge in [-0.05, 0) is 29.9 Å². The molecule has 4 atom stereocenters. The Morgan fingerprint density at radius 3 is 2.12 bits per heavy atom. The van der Waals surface area contributed by atoms with E-state index in [9.17, 15) is 24.3 Å². The minimum Gasteiger partial charge on any atom is -0.480 e. The Morgan fingerprint density at radius 1 is 0.900 bits per heavy atom. The number of aromatic amines is 2. The zero-order valence-corrected chi connectivity index (χ0v) is 23.2. The molecule has 3 amide bonds. The lowest BCUT2D eigenvalue weighted by Gasteiger charge is -2.26. The minimum atomic E-state index is -1.16. The van der Waals surface area contributed by atoms with Crippen molar-refractivity contribution in [3.8, 4) is 0 Å². The van der Waals surface area contributed by atoms with Gasteiger partial charge in [-0.3, -0.25) is 14.4 Å². The number of carboxylic acids is 1. The maximum absolute atomic E-state index is 13.6. The second-order valence-electron chi connectivity index (χ2n) is 10.8. The lowest BCUT2D eigenvalue weighted by atomic mass is 10.0. The van der Waals surface area contributed by atoms with Crippen LogP contribution >= 0.6 is 0 Å². The highest BCUT2D eigenvalue weighted by Gasteiger charge is 2.32. The van der Waals surface area contributed by atoms with E-state index in [2.05, 4.69) is 30.9 Å². The Labute approximate surface area is 232 Å². The van der Waals surface area contributed by atoms with Gasteiger partial charge in [-0.25, -0.2) is 9.78 Å². The Hall–Kier alpha value is -4.19. The summed E-state index contributed by atoms with van der Waals surface area (Å²) in [4.78, 5) is 61.7. The predicted octanol–water partition coefficient (Wildman–Crippen LogP) is 1.24. The topological polar surface area (TPSA) is 195 Å². The second kappa shape index (κ2) is 13.7. The fourth-order valence-corrected chi connectivity index (χ4v) is 4.36. The number of hydrogen-bond donors (Lipinski definition) is 7. The number of para-hydroxylation sites is 1. The van der Waals surface area contributed by atoms with Gasteiger partial charge in [0.05, 0.1) is 12.4 Å². The smallest absolute Gasteiger partial charge is 0.326 e. The van der Waals surface area contributed by atoms with Gasteiger partial charge < -0.3 is 36.8 Å². The van der Waals surface area contributed by atoms with Crippen molar-refractivity contribution in [2.75, 3.05) is 0 Å². The standard InChI is InChI=1S/C28H39N7O5/c1-15(2)9-23(28(39)40)35-25(36)21(10-17-12-31-20-8-6-5-7-19(17)20)33-26(37)22(11-18-13-30-14-32-18)34-27(38)24(29)16(3)4/h5-8,12-16,21-24,31H,9-11,29H2,1-4H3,(H,30,32)(H,33,37)(H,34,38)(H,35,36)(H,39,40). The first-order chi connectivity index (χ1) is 19.0. The molecule has 1 aromatic carbocycles. The van der Waals surface area contributed by atoms with Crippen LogP contribution in [0.2, 0.25) is 0 Å². The van der Waals surface area contributed by atoms with Crippen LogP contribution in [-0.4, -0.2) is 67.9 Å². The van der Waals surface area contributed by atoms with Gasteiger partial charge in [-0.2, -0.15) is 0 Å².